The lowest BCUT2D eigenvalue weighted by atomic mass is 10.2. The molecule has 1 amide bonds. The van der Waals surface area contributed by atoms with Crippen molar-refractivity contribution in [2.45, 2.75) is 6.92 Å². The molecule has 11 nitrogen and oxygen atoms in total. The fourth-order valence-electron chi connectivity index (χ4n) is 1.75. The van der Waals surface area contributed by atoms with E-state index in [1.54, 1.807) is 13.0 Å². The molecule has 0 aliphatic rings. The van der Waals surface area contributed by atoms with E-state index in [1.807, 2.05) is 0 Å². The summed E-state index contributed by atoms with van der Waals surface area (Å²) >= 11 is 0. The van der Waals surface area contributed by atoms with Crippen molar-refractivity contribution in [2.24, 2.45) is 5.10 Å². The molecule has 2 rings (SSSR count). The van der Waals surface area contributed by atoms with Crippen LogP contribution in [-0.2, 0) is 4.79 Å². The number of hydrazone groups is 1. The van der Waals surface area contributed by atoms with Gasteiger partial charge in [-0.1, -0.05) is 6.07 Å². The van der Waals surface area contributed by atoms with Gasteiger partial charge in [0.15, 0.2) is 18.1 Å². The zero-order chi connectivity index (χ0) is 18.4. The smallest absolute Gasteiger partial charge is 0.433 e. The molecular weight excluding hydrogens is 336 g/mol. The van der Waals surface area contributed by atoms with Crippen LogP contribution in [0.2, 0.25) is 0 Å². The molecule has 25 heavy (non-hydrogen) atoms. The molecule has 1 aromatic heterocycles. The van der Waals surface area contributed by atoms with E-state index in [1.165, 1.54) is 18.2 Å². The van der Waals surface area contributed by atoms with Crippen molar-refractivity contribution in [3.05, 3.63) is 61.9 Å². The van der Waals surface area contributed by atoms with E-state index in [9.17, 15) is 25.0 Å². The van der Waals surface area contributed by atoms with Gasteiger partial charge in [0.05, 0.1) is 17.2 Å². The summed E-state index contributed by atoms with van der Waals surface area (Å²) in [7, 11) is 0. The predicted octanol–water partition coefficient (Wildman–Crippen LogP) is 1.93. The molecule has 0 saturated heterocycles. The Morgan fingerprint density at radius 3 is 2.68 bits per heavy atom. The monoisotopic (exact) mass is 348 g/mol. The molecule has 0 radical (unpaired) electrons. The lowest BCUT2D eigenvalue weighted by Crippen LogP contribution is -2.24. The van der Waals surface area contributed by atoms with Gasteiger partial charge >= 0.3 is 11.6 Å². The van der Waals surface area contributed by atoms with Crippen LogP contribution < -0.4 is 10.2 Å². The van der Waals surface area contributed by atoms with Crippen molar-refractivity contribution < 1.29 is 23.8 Å². The van der Waals surface area contributed by atoms with Gasteiger partial charge in [0.25, 0.3) is 5.91 Å². The van der Waals surface area contributed by atoms with Crippen molar-refractivity contribution in [3.63, 3.8) is 0 Å². The Balaban J connectivity index is 1.89. The van der Waals surface area contributed by atoms with Crippen molar-refractivity contribution in [1.82, 2.24) is 5.43 Å². The first kappa shape index (κ1) is 17.6. The molecule has 0 bridgehead atoms. The molecule has 130 valence electrons. The van der Waals surface area contributed by atoms with E-state index in [-0.39, 0.29) is 17.2 Å². The van der Waals surface area contributed by atoms with E-state index in [0.29, 0.717) is 5.56 Å². The second-order valence-corrected chi connectivity index (χ2v) is 4.74. The number of benzene rings is 1. The van der Waals surface area contributed by atoms with E-state index in [4.69, 9.17) is 9.15 Å². The molecule has 0 unspecified atom stereocenters. The number of rotatable bonds is 7. The molecule has 0 fully saturated rings. The van der Waals surface area contributed by atoms with Crippen molar-refractivity contribution in [3.8, 4) is 5.75 Å². The first-order valence-electron chi connectivity index (χ1n) is 6.81. The molecule has 1 heterocycles. The highest BCUT2D eigenvalue weighted by Gasteiger charge is 2.16. The van der Waals surface area contributed by atoms with E-state index in [0.717, 1.165) is 12.3 Å². The van der Waals surface area contributed by atoms with Gasteiger partial charge in [-0.3, -0.25) is 25.0 Å². The van der Waals surface area contributed by atoms with E-state index < -0.39 is 28.2 Å². The highest BCUT2D eigenvalue weighted by molar-refractivity contribution is 5.81. The Bertz CT molecular complexity index is 843. The molecule has 1 aromatic carbocycles. The van der Waals surface area contributed by atoms with Crippen LogP contribution in [0.15, 0.2) is 39.9 Å². The van der Waals surface area contributed by atoms with Crippen molar-refractivity contribution in [2.75, 3.05) is 6.61 Å². The summed E-state index contributed by atoms with van der Waals surface area (Å²) in [6.07, 6.45) is 1.07. The van der Waals surface area contributed by atoms with Crippen LogP contribution in [0, 0.1) is 27.2 Å². The Morgan fingerprint density at radius 1 is 1.28 bits per heavy atom. The minimum Gasteiger partial charge on any atom is -0.477 e. The SMILES string of the molecule is Cc1ccc(OCC(=O)N/N=C\c2ccc([N+](=O)[O-])o2)c([N+](=O)[O-])c1. The Kier molecular flexibility index (Phi) is 5.40. The van der Waals surface area contributed by atoms with Gasteiger partial charge in [-0.2, -0.15) is 5.10 Å². The number of hydrogen-bond acceptors (Lipinski definition) is 8. The second kappa shape index (κ2) is 7.68. The molecule has 0 saturated carbocycles. The largest absolute Gasteiger partial charge is 0.477 e. The average molecular weight is 348 g/mol. The van der Waals surface area contributed by atoms with Crippen LogP contribution >= 0.6 is 0 Å². The molecule has 2 aromatic rings. The van der Waals surface area contributed by atoms with Gasteiger partial charge in [-0.05, 0) is 24.6 Å². The molecule has 0 aliphatic heterocycles. The lowest BCUT2D eigenvalue weighted by Gasteiger charge is -2.06. The summed E-state index contributed by atoms with van der Waals surface area (Å²) in [5, 5.41) is 24.9. The Hall–Kier alpha value is -3.76. The standard InChI is InChI=1S/C14H12N4O7/c1-9-2-4-12(11(6-9)17(20)21)24-8-13(19)16-15-7-10-3-5-14(25-10)18(22)23/h2-7H,8H2,1H3,(H,16,19)/b15-7-. The first-order chi connectivity index (χ1) is 11.9. The van der Waals surface area contributed by atoms with E-state index >= 15 is 0 Å². The number of hydrogen-bond donors (Lipinski definition) is 1. The number of nitrogens with zero attached hydrogens (tertiary/aromatic N) is 3. The molecule has 11 heteroatoms. The highest BCUT2D eigenvalue weighted by Crippen LogP contribution is 2.27. The van der Waals surface area contributed by atoms with Gasteiger partial charge in [-0.25, -0.2) is 5.43 Å². The summed E-state index contributed by atoms with van der Waals surface area (Å²) < 4.78 is 9.92. The van der Waals surface area contributed by atoms with Gasteiger partial charge < -0.3 is 9.15 Å². The van der Waals surface area contributed by atoms with Crippen LogP contribution in [0.5, 0.6) is 5.75 Å². The highest BCUT2D eigenvalue weighted by atomic mass is 16.6. The van der Waals surface area contributed by atoms with Gasteiger partial charge in [-0.15, -0.1) is 0 Å². The third-order valence-corrected chi connectivity index (χ3v) is 2.84. The summed E-state index contributed by atoms with van der Waals surface area (Å²) in [5.74, 6) is -1.10. The molecule has 0 spiro atoms. The van der Waals surface area contributed by atoms with E-state index in [2.05, 4.69) is 10.5 Å². The minimum atomic E-state index is -0.710. The summed E-state index contributed by atoms with van der Waals surface area (Å²) in [5.41, 5.74) is 2.54. The van der Waals surface area contributed by atoms with Crippen LogP contribution in [0.25, 0.3) is 0 Å². The summed E-state index contributed by atoms with van der Waals surface area (Å²) in [6.45, 7) is 1.19. The third-order valence-electron chi connectivity index (χ3n) is 2.84. The number of nitro groups is 2. The number of aryl methyl sites for hydroxylation is 1. The Morgan fingerprint density at radius 2 is 2.04 bits per heavy atom. The molecular formula is C14H12N4O7. The van der Waals surface area contributed by atoms with Gasteiger partial charge in [0, 0.05) is 6.07 Å². The van der Waals surface area contributed by atoms with Crippen LogP contribution in [-0.4, -0.2) is 28.6 Å². The zero-order valence-corrected chi connectivity index (χ0v) is 12.9. The number of carbonyl (C=O) groups excluding carboxylic acids is 1. The molecule has 0 aliphatic carbocycles. The van der Waals surface area contributed by atoms with Gasteiger partial charge in [0.1, 0.15) is 4.92 Å². The maximum Gasteiger partial charge on any atom is 0.433 e. The first-order valence-corrected chi connectivity index (χ1v) is 6.81. The number of nitrogens with one attached hydrogen (secondary N) is 1. The Labute approximate surface area is 140 Å². The zero-order valence-electron chi connectivity index (χ0n) is 12.9. The van der Waals surface area contributed by atoms with Gasteiger partial charge in [0.2, 0.25) is 0 Å². The molecule has 0 atom stereocenters. The summed E-state index contributed by atoms with van der Waals surface area (Å²) in [4.78, 5) is 31.7. The summed E-state index contributed by atoms with van der Waals surface area (Å²) in [6, 6.07) is 6.78. The maximum absolute atomic E-state index is 11.6. The van der Waals surface area contributed by atoms with Crippen LogP contribution in [0.1, 0.15) is 11.3 Å². The van der Waals surface area contributed by atoms with Crippen molar-refractivity contribution >= 4 is 23.7 Å². The van der Waals surface area contributed by atoms with Crippen molar-refractivity contribution in [1.29, 1.82) is 0 Å². The molecule has 1 N–H and O–H groups in total. The number of ether oxygens (including phenoxy) is 1. The lowest BCUT2D eigenvalue weighted by molar-refractivity contribution is -0.402. The third kappa shape index (κ3) is 4.86. The number of nitro benzene ring substituents is 1. The quantitative estimate of drug-likeness (QED) is 0.456. The van der Waals surface area contributed by atoms with Crippen LogP contribution in [0.3, 0.4) is 0 Å². The topological polar surface area (TPSA) is 150 Å². The number of carbonyl (C=O) groups is 1. The average Bonchev–Trinajstić information content (AvgIpc) is 3.02. The fourth-order valence-corrected chi connectivity index (χ4v) is 1.75. The minimum absolute atomic E-state index is 0.0450. The number of amides is 1. The predicted molar refractivity (Wildman–Crippen MR) is 84.4 cm³/mol. The normalized spacial score (nSPS) is 10.6. The second-order valence-electron chi connectivity index (χ2n) is 4.74. The van der Waals surface area contributed by atoms with Crippen LogP contribution in [0.4, 0.5) is 11.6 Å². The number of furan rings is 1. The fraction of sp³-hybridized carbons (Fsp3) is 0.143. The maximum atomic E-state index is 11.6.